The van der Waals surface area contributed by atoms with Crippen LogP contribution in [0.2, 0.25) is 0 Å². The van der Waals surface area contributed by atoms with Gasteiger partial charge in [0, 0.05) is 5.39 Å². The van der Waals surface area contributed by atoms with Crippen LogP contribution in [0.15, 0.2) is 42.5 Å². The lowest BCUT2D eigenvalue weighted by molar-refractivity contribution is 0.344. The Kier molecular flexibility index (Phi) is 15.2. The van der Waals surface area contributed by atoms with Gasteiger partial charge in [-0.05, 0) is 18.4 Å². The minimum atomic E-state index is 0.716. The molecule has 0 N–H and O–H groups in total. The van der Waals surface area contributed by atoms with Crippen LogP contribution in [0.5, 0.6) is 5.75 Å². The second-order valence-corrected chi connectivity index (χ2v) is 2.91. The Hall–Kier alpha value is -1.50. The van der Waals surface area contributed by atoms with Gasteiger partial charge in [0.05, 0.1) is 6.61 Å². The highest BCUT2D eigenvalue weighted by Gasteiger charge is 1.98. The molecule has 0 heterocycles. The molecule has 2 aromatic rings. The molecule has 2 rings (SSSR count). The number of fused-ring (bicyclic) bond motifs is 1. The molecule has 1 heteroatoms. The van der Waals surface area contributed by atoms with Gasteiger partial charge in [0.15, 0.2) is 0 Å². The molecule has 19 heavy (non-hydrogen) atoms. The molecular formula is C18H30O. The first-order chi connectivity index (χ1) is 9.42. The topological polar surface area (TPSA) is 9.23 Å². The van der Waals surface area contributed by atoms with Crippen LogP contribution in [0.25, 0.3) is 10.8 Å². The molecule has 0 aromatic heterocycles. The average Bonchev–Trinajstić information content (AvgIpc) is 2.54. The molecule has 0 saturated carbocycles. The van der Waals surface area contributed by atoms with Crippen molar-refractivity contribution in [2.24, 2.45) is 0 Å². The first kappa shape index (κ1) is 19.8. The van der Waals surface area contributed by atoms with Crippen LogP contribution in [-0.2, 0) is 0 Å². The van der Waals surface area contributed by atoms with Gasteiger partial charge in [0.2, 0.25) is 0 Å². The lowest BCUT2D eigenvalue weighted by Crippen LogP contribution is -1.91. The van der Waals surface area contributed by atoms with E-state index in [1.54, 1.807) is 0 Å². The predicted molar refractivity (Wildman–Crippen MR) is 89.2 cm³/mol. The molecule has 0 aliphatic heterocycles. The van der Waals surface area contributed by atoms with Crippen molar-refractivity contribution in [2.45, 2.75) is 48.5 Å². The second kappa shape index (κ2) is 14.6. The van der Waals surface area contributed by atoms with E-state index >= 15 is 0 Å². The van der Waals surface area contributed by atoms with Crippen LogP contribution in [0, 0.1) is 0 Å². The summed E-state index contributed by atoms with van der Waals surface area (Å²) in [6.45, 7) is 14.7. The van der Waals surface area contributed by atoms with Crippen molar-refractivity contribution in [1.29, 1.82) is 0 Å². The summed E-state index contributed by atoms with van der Waals surface area (Å²) in [7, 11) is 0. The normalized spacial score (nSPS) is 7.95. The van der Waals surface area contributed by atoms with Crippen molar-refractivity contribution in [3.05, 3.63) is 42.5 Å². The maximum atomic E-state index is 5.52. The Balaban J connectivity index is 0. The highest BCUT2D eigenvalue weighted by atomic mass is 16.5. The minimum Gasteiger partial charge on any atom is -0.493 e. The smallest absolute Gasteiger partial charge is 0.127 e. The zero-order chi connectivity index (χ0) is 15.1. The molecule has 0 aliphatic carbocycles. The van der Waals surface area contributed by atoms with Crippen LogP contribution in [0.4, 0.5) is 0 Å². The highest BCUT2D eigenvalue weighted by Crippen LogP contribution is 2.24. The molecule has 0 fully saturated rings. The molecule has 0 bridgehead atoms. The molecule has 0 unspecified atom stereocenters. The van der Waals surface area contributed by atoms with Crippen molar-refractivity contribution in [1.82, 2.24) is 0 Å². The van der Waals surface area contributed by atoms with Gasteiger partial charge in [-0.3, -0.25) is 0 Å². The van der Waals surface area contributed by atoms with Crippen molar-refractivity contribution < 1.29 is 4.74 Å². The molecule has 0 radical (unpaired) electrons. The van der Waals surface area contributed by atoms with Gasteiger partial charge < -0.3 is 4.74 Å². The van der Waals surface area contributed by atoms with Gasteiger partial charge in [-0.1, -0.05) is 77.9 Å². The lowest BCUT2D eigenvalue weighted by Gasteiger charge is -2.06. The summed E-state index contributed by atoms with van der Waals surface area (Å²) >= 11 is 0. The summed E-state index contributed by atoms with van der Waals surface area (Å²) in [5.74, 6) is 0.973. The molecule has 0 aliphatic rings. The predicted octanol–water partition coefficient (Wildman–Crippen LogP) is 6.32. The zero-order valence-electron chi connectivity index (χ0n) is 13.7. The fraction of sp³-hybridized carbons (Fsp3) is 0.444. The maximum Gasteiger partial charge on any atom is 0.127 e. The van der Waals surface area contributed by atoms with E-state index in [9.17, 15) is 0 Å². The summed E-state index contributed by atoms with van der Waals surface area (Å²) in [4.78, 5) is 0. The fourth-order valence-electron chi connectivity index (χ4n) is 1.48. The molecule has 0 saturated heterocycles. The Morgan fingerprint density at radius 2 is 1.26 bits per heavy atom. The second-order valence-electron chi connectivity index (χ2n) is 2.91. The molecule has 2 aromatic carbocycles. The summed E-state index contributed by atoms with van der Waals surface area (Å²) in [6, 6.07) is 14.4. The van der Waals surface area contributed by atoms with Gasteiger partial charge in [0.25, 0.3) is 0 Å². The average molecular weight is 262 g/mol. The molecule has 0 amide bonds. The quantitative estimate of drug-likeness (QED) is 0.615. The summed E-state index contributed by atoms with van der Waals surface area (Å²) in [5, 5.41) is 2.42. The first-order valence-corrected chi connectivity index (χ1v) is 7.52. The van der Waals surface area contributed by atoms with Crippen molar-refractivity contribution in [3.63, 3.8) is 0 Å². The Morgan fingerprint density at radius 3 is 1.84 bits per heavy atom. The zero-order valence-corrected chi connectivity index (χ0v) is 13.7. The Labute approximate surface area is 119 Å². The third-order valence-corrected chi connectivity index (χ3v) is 2.05. The maximum absolute atomic E-state index is 5.52. The van der Waals surface area contributed by atoms with Crippen molar-refractivity contribution >= 4 is 10.8 Å². The van der Waals surface area contributed by atoms with E-state index in [4.69, 9.17) is 4.74 Å². The minimum absolute atomic E-state index is 0.716. The number of hydrogen-bond acceptors (Lipinski definition) is 1. The van der Waals surface area contributed by atoms with E-state index in [0.717, 1.165) is 5.75 Å². The number of benzene rings is 2. The van der Waals surface area contributed by atoms with Crippen LogP contribution in [-0.4, -0.2) is 6.61 Å². The monoisotopic (exact) mass is 262 g/mol. The van der Waals surface area contributed by atoms with Crippen LogP contribution >= 0.6 is 0 Å². The number of hydrogen-bond donors (Lipinski definition) is 0. The molecule has 1 nitrogen and oxygen atoms in total. The first-order valence-electron chi connectivity index (χ1n) is 7.52. The molecule has 0 atom stereocenters. The third-order valence-electron chi connectivity index (χ3n) is 2.05. The summed E-state index contributed by atoms with van der Waals surface area (Å²) in [6.07, 6.45) is 0. The number of ether oxygens (including phenoxy) is 1. The Bertz CT molecular complexity index is 402. The van der Waals surface area contributed by atoms with Crippen LogP contribution < -0.4 is 4.74 Å². The lowest BCUT2D eigenvalue weighted by atomic mass is 10.1. The largest absolute Gasteiger partial charge is 0.493 e. The Morgan fingerprint density at radius 1 is 0.737 bits per heavy atom. The standard InChI is InChI=1S/C12H12O.3C2H6/c1-2-13-12-9-5-7-10-6-3-4-8-11(10)12;3*1-2/h3-9H,2H2,1H3;3*1-2H3. The highest BCUT2D eigenvalue weighted by molar-refractivity contribution is 5.88. The van der Waals surface area contributed by atoms with Gasteiger partial charge in [-0.2, -0.15) is 0 Å². The van der Waals surface area contributed by atoms with Crippen LogP contribution in [0.1, 0.15) is 48.5 Å². The molecule has 0 spiro atoms. The van der Waals surface area contributed by atoms with Crippen LogP contribution in [0.3, 0.4) is 0 Å². The van der Waals surface area contributed by atoms with Gasteiger partial charge >= 0.3 is 0 Å². The summed E-state index contributed by atoms with van der Waals surface area (Å²) in [5.41, 5.74) is 0. The van der Waals surface area contributed by atoms with Gasteiger partial charge in [-0.25, -0.2) is 0 Å². The SMILES string of the molecule is CC.CC.CC.CCOc1cccc2ccccc12. The van der Waals surface area contributed by atoms with E-state index in [2.05, 4.69) is 18.2 Å². The van der Waals surface area contributed by atoms with Crippen molar-refractivity contribution in [3.8, 4) is 5.75 Å². The van der Waals surface area contributed by atoms with E-state index in [1.165, 1.54) is 10.8 Å². The van der Waals surface area contributed by atoms with Crippen molar-refractivity contribution in [2.75, 3.05) is 6.61 Å². The molecular weight excluding hydrogens is 232 g/mol. The van der Waals surface area contributed by atoms with E-state index < -0.39 is 0 Å². The summed E-state index contributed by atoms with van der Waals surface area (Å²) < 4.78 is 5.52. The van der Waals surface area contributed by atoms with Gasteiger partial charge in [0.1, 0.15) is 5.75 Å². The van der Waals surface area contributed by atoms with E-state index in [1.807, 2.05) is 72.7 Å². The third kappa shape index (κ3) is 6.85. The molecule has 108 valence electrons. The fourth-order valence-corrected chi connectivity index (χ4v) is 1.48. The van der Waals surface area contributed by atoms with E-state index in [-0.39, 0.29) is 0 Å². The van der Waals surface area contributed by atoms with E-state index in [0.29, 0.717) is 6.61 Å². The number of rotatable bonds is 2. The van der Waals surface area contributed by atoms with Gasteiger partial charge in [-0.15, -0.1) is 0 Å².